The molecule has 2 nitrogen and oxygen atoms in total. The summed E-state index contributed by atoms with van der Waals surface area (Å²) in [5.41, 5.74) is 2.48. The molecule has 0 aliphatic rings. The van der Waals surface area contributed by atoms with Gasteiger partial charge in [-0.3, -0.25) is 0 Å². The van der Waals surface area contributed by atoms with E-state index in [-0.39, 0.29) is 0 Å². The van der Waals surface area contributed by atoms with Crippen LogP contribution in [0.15, 0.2) is 34.1 Å². The fourth-order valence-corrected chi connectivity index (χ4v) is 2.85. The molecule has 0 amide bonds. The Kier molecular flexibility index (Phi) is 4.92. The largest absolute Gasteiger partial charge is 0.309 e. The lowest BCUT2D eigenvalue weighted by atomic mass is 10.0. The molecule has 4 heteroatoms. The second-order valence-electron chi connectivity index (χ2n) is 4.23. The van der Waals surface area contributed by atoms with E-state index in [1.807, 2.05) is 0 Å². The number of aromatic nitrogens is 1. The Bertz CT molecular complexity index is 493. The molecule has 96 valence electrons. The molecule has 1 unspecified atom stereocenters. The summed E-state index contributed by atoms with van der Waals surface area (Å²) in [6, 6.07) is 8.80. The van der Waals surface area contributed by atoms with Crippen LogP contribution in [0, 0.1) is 6.92 Å². The third-order valence-corrected chi connectivity index (χ3v) is 4.12. The minimum absolute atomic E-state index is 0.307. The molecular weight excluding hydrogens is 308 g/mol. The van der Waals surface area contributed by atoms with Crippen molar-refractivity contribution in [1.82, 2.24) is 10.3 Å². The van der Waals surface area contributed by atoms with Gasteiger partial charge in [0.2, 0.25) is 0 Å². The minimum atomic E-state index is 0.307. The van der Waals surface area contributed by atoms with E-state index in [0.717, 1.165) is 28.1 Å². The van der Waals surface area contributed by atoms with Gasteiger partial charge in [-0.2, -0.15) is 0 Å². The lowest BCUT2D eigenvalue weighted by Gasteiger charge is -2.15. The number of benzene rings is 1. The third kappa shape index (κ3) is 3.64. The molecule has 1 aromatic heterocycles. The molecule has 1 N–H and O–H groups in total. The highest BCUT2D eigenvalue weighted by Crippen LogP contribution is 2.21. The number of nitrogens with zero attached hydrogens (tertiary/aromatic N) is 1. The lowest BCUT2D eigenvalue weighted by molar-refractivity contribution is 0.538. The molecule has 2 rings (SSSR count). The number of likely N-dealkylation sites (N-methyl/N-ethyl adjacent to an activating group) is 1. The van der Waals surface area contributed by atoms with Crippen molar-refractivity contribution in [3.63, 3.8) is 0 Å². The van der Waals surface area contributed by atoms with Gasteiger partial charge in [-0.15, -0.1) is 11.3 Å². The van der Waals surface area contributed by atoms with Crippen molar-refractivity contribution in [3.8, 4) is 0 Å². The zero-order chi connectivity index (χ0) is 13.0. The average Bonchev–Trinajstić information content (AvgIpc) is 2.78. The van der Waals surface area contributed by atoms with Gasteiger partial charge in [0.1, 0.15) is 0 Å². The van der Waals surface area contributed by atoms with Crippen molar-refractivity contribution in [2.24, 2.45) is 0 Å². The molecule has 0 fully saturated rings. The van der Waals surface area contributed by atoms with E-state index >= 15 is 0 Å². The monoisotopic (exact) mass is 324 g/mol. The standard InChI is InChI=1S/C14H17BrN2S/c1-3-16-13(14-9-18-10(2)17-14)8-11-4-6-12(15)7-5-11/h4-7,9,13,16H,3,8H2,1-2H3. The summed E-state index contributed by atoms with van der Waals surface area (Å²) in [6.07, 6.45) is 0.976. The lowest BCUT2D eigenvalue weighted by Crippen LogP contribution is -2.23. The number of nitrogens with one attached hydrogen (secondary N) is 1. The van der Waals surface area contributed by atoms with Crippen LogP contribution in [0.2, 0.25) is 0 Å². The maximum atomic E-state index is 4.59. The molecule has 18 heavy (non-hydrogen) atoms. The van der Waals surface area contributed by atoms with Gasteiger partial charge in [-0.1, -0.05) is 35.0 Å². The van der Waals surface area contributed by atoms with Crippen LogP contribution in [-0.4, -0.2) is 11.5 Å². The molecule has 0 saturated carbocycles. The van der Waals surface area contributed by atoms with E-state index < -0.39 is 0 Å². The van der Waals surface area contributed by atoms with Crippen molar-refractivity contribution in [1.29, 1.82) is 0 Å². The van der Waals surface area contributed by atoms with Crippen LogP contribution in [0.5, 0.6) is 0 Å². The van der Waals surface area contributed by atoms with Gasteiger partial charge in [-0.05, 0) is 37.6 Å². The quantitative estimate of drug-likeness (QED) is 0.895. The molecule has 0 bridgehead atoms. The first-order valence-electron chi connectivity index (χ1n) is 6.09. The van der Waals surface area contributed by atoms with E-state index in [4.69, 9.17) is 0 Å². The first-order valence-corrected chi connectivity index (χ1v) is 7.76. The SMILES string of the molecule is CCNC(Cc1ccc(Br)cc1)c1csc(C)n1. The van der Waals surface area contributed by atoms with E-state index in [0.29, 0.717) is 6.04 Å². The molecule has 0 radical (unpaired) electrons. The molecule has 1 atom stereocenters. The van der Waals surface area contributed by atoms with Crippen molar-refractivity contribution < 1.29 is 0 Å². The summed E-state index contributed by atoms with van der Waals surface area (Å²) < 4.78 is 1.12. The van der Waals surface area contributed by atoms with Gasteiger partial charge < -0.3 is 5.32 Å². The topological polar surface area (TPSA) is 24.9 Å². The first kappa shape index (κ1) is 13.7. The third-order valence-electron chi connectivity index (χ3n) is 2.80. The average molecular weight is 325 g/mol. The Labute approximate surface area is 121 Å². The Balaban J connectivity index is 2.13. The molecule has 0 aliphatic carbocycles. The van der Waals surface area contributed by atoms with Crippen LogP contribution < -0.4 is 5.32 Å². The molecule has 0 saturated heterocycles. The Morgan fingerprint density at radius 2 is 2.06 bits per heavy atom. The molecular formula is C14H17BrN2S. The number of aryl methyl sites for hydroxylation is 1. The van der Waals surface area contributed by atoms with Crippen molar-refractivity contribution >= 4 is 27.3 Å². The van der Waals surface area contributed by atoms with Gasteiger partial charge in [0.15, 0.2) is 0 Å². The molecule has 1 heterocycles. The van der Waals surface area contributed by atoms with Crippen LogP contribution in [0.4, 0.5) is 0 Å². The van der Waals surface area contributed by atoms with Crippen LogP contribution in [0.25, 0.3) is 0 Å². The zero-order valence-electron chi connectivity index (χ0n) is 10.6. The highest BCUT2D eigenvalue weighted by Gasteiger charge is 2.13. The fraction of sp³-hybridized carbons (Fsp3) is 0.357. The van der Waals surface area contributed by atoms with Gasteiger partial charge >= 0.3 is 0 Å². The van der Waals surface area contributed by atoms with Gasteiger partial charge in [-0.25, -0.2) is 4.98 Å². The Hall–Kier alpha value is -0.710. The first-order chi connectivity index (χ1) is 8.69. The predicted molar refractivity (Wildman–Crippen MR) is 81.1 cm³/mol. The fourth-order valence-electron chi connectivity index (χ4n) is 1.92. The van der Waals surface area contributed by atoms with Gasteiger partial charge in [0.25, 0.3) is 0 Å². The van der Waals surface area contributed by atoms with Crippen LogP contribution in [0.3, 0.4) is 0 Å². The number of thiazole rings is 1. The molecule has 1 aromatic carbocycles. The molecule has 0 spiro atoms. The van der Waals surface area contributed by atoms with E-state index in [9.17, 15) is 0 Å². The Morgan fingerprint density at radius 1 is 1.33 bits per heavy atom. The Morgan fingerprint density at radius 3 is 2.61 bits per heavy atom. The summed E-state index contributed by atoms with van der Waals surface area (Å²) in [5.74, 6) is 0. The highest BCUT2D eigenvalue weighted by molar-refractivity contribution is 9.10. The van der Waals surface area contributed by atoms with Crippen LogP contribution in [-0.2, 0) is 6.42 Å². The molecule has 0 aliphatic heterocycles. The molecule has 2 aromatic rings. The summed E-state index contributed by atoms with van der Waals surface area (Å²) in [4.78, 5) is 4.59. The number of rotatable bonds is 5. The summed E-state index contributed by atoms with van der Waals surface area (Å²) in [5, 5.41) is 6.79. The van der Waals surface area contributed by atoms with E-state index in [1.165, 1.54) is 5.56 Å². The normalized spacial score (nSPS) is 12.6. The van der Waals surface area contributed by atoms with E-state index in [2.05, 4.69) is 69.7 Å². The second kappa shape index (κ2) is 6.45. The predicted octanol–water partition coefficient (Wildman–Crippen LogP) is 4.11. The summed E-state index contributed by atoms with van der Waals surface area (Å²) >= 11 is 5.18. The smallest absolute Gasteiger partial charge is 0.0898 e. The van der Waals surface area contributed by atoms with Crippen LogP contribution >= 0.6 is 27.3 Å². The van der Waals surface area contributed by atoms with Crippen molar-refractivity contribution in [2.75, 3.05) is 6.54 Å². The maximum absolute atomic E-state index is 4.59. The minimum Gasteiger partial charge on any atom is -0.309 e. The summed E-state index contributed by atoms with van der Waals surface area (Å²) in [7, 11) is 0. The van der Waals surface area contributed by atoms with Crippen molar-refractivity contribution in [3.05, 3.63) is 50.4 Å². The van der Waals surface area contributed by atoms with Gasteiger partial charge in [0.05, 0.1) is 16.7 Å². The maximum Gasteiger partial charge on any atom is 0.0898 e. The number of hydrogen-bond donors (Lipinski definition) is 1. The number of halogens is 1. The second-order valence-corrected chi connectivity index (χ2v) is 6.21. The summed E-state index contributed by atoms with van der Waals surface area (Å²) in [6.45, 7) is 5.14. The van der Waals surface area contributed by atoms with E-state index in [1.54, 1.807) is 11.3 Å². The van der Waals surface area contributed by atoms with Crippen LogP contribution in [0.1, 0.15) is 29.2 Å². The highest BCUT2D eigenvalue weighted by atomic mass is 79.9. The zero-order valence-corrected chi connectivity index (χ0v) is 13.0. The van der Waals surface area contributed by atoms with Crippen molar-refractivity contribution in [2.45, 2.75) is 26.3 Å². The number of hydrogen-bond acceptors (Lipinski definition) is 3. The van der Waals surface area contributed by atoms with Gasteiger partial charge in [0, 0.05) is 9.85 Å².